The molecule has 4 atom stereocenters. The van der Waals surface area contributed by atoms with Crippen LogP contribution in [0.25, 0.3) is 5.69 Å². The molecule has 0 unspecified atom stereocenters. The fourth-order valence-electron chi connectivity index (χ4n) is 5.54. The number of alkyl carbamates (subject to hydrolysis) is 1. The van der Waals surface area contributed by atoms with Crippen LogP contribution in [0.2, 0.25) is 18.1 Å². The number of carbonyl (C=O) groups is 4. The van der Waals surface area contributed by atoms with Crippen molar-refractivity contribution in [1.82, 2.24) is 30.3 Å². The van der Waals surface area contributed by atoms with Gasteiger partial charge in [0.15, 0.2) is 17.2 Å². The van der Waals surface area contributed by atoms with Gasteiger partial charge in [-0.15, -0.1) is 0 Å². The Hall–Kier alpha value is -3.68. The maximum Gasteiger partial charge on any atom is 0.508 e. The normalized spacial score (nSPS) is 17.9. The van der Waals surface area contributed by atoms with Crippen molar-refractivity contribution in [2.75, 3.05) is 26.0 Å². The molecule has 1 aliphatic heterocycles. The van der Waals surface area contributed by atoms with Gasteiger partial charge in [-0.2, -0.15) is 5.10 Å². The van der Waals surface area contributed by atoms with Crippen molar-refractivity contribution in [2.24, 2.45) is 5.92 Å². The van der Waals surface area contributed by atoms with Gasteiger partial charge in [0.25, 0.3) is 0 Å². The summed E-state index contributed by atoms with van der Waals surface area (Å²) in [7, 11) is -5.08. The van der Waals surface area contributed by atoms with Crippen molar-refractivity contribution < 1.29 is 46.2 Å². The molecule has 1 aromatic carbocycles. The Morgan fingerprint density at radius 3 is 2.14 bits per heavy atom. The smallest absolute Gasteiger partial charge is 0.444 e. The van der Waals surface area contributed by atoms with Crippen molar-refractivity contribution in [3.05, 3.63) is 42.5 Å². The fourth-order valence-corrected chi connectivity index (χ4v) is 10.1. The number of nitrogens with one attached hydrogen (secondary N) is 2. The Bertz CT molecular complexity index is 1780. The lowest BCUT2D eigenvalue weighted by atomic mass is 10.0. The lowest BCUT2D eigenvalue weighted by molar-refractivity contribution is -0.141. The third-order valence-electron chi connectivity index (χ3n) is 9.34. The van der Waals surface area contributed by atoms with E-state index in [9.17, 15) is 27.6 Å². The monoisotopic (exact) mass is 840 g/mol. The van der Waals surface area contributed by atoms with Gasteiger partial charge in [-0.3, -0.25) is 9.59 Å². The summed E-state index contributed by atoms with van der Waals surface area (Å²) in [6.45, 7) is 22.1. The highest BCUT2D eigenvalue weighted by Gasteiger charge is 2.46. The predicted molar refractivity (Wildman–Crippen MR) is 216 cm³/mol. The zero-order valence-electron chi connectivity index (χ0n) is 34.9. The van der Waals surface area contributed by atoms with Crippen molar-refractivity contribution in [1.29, 1.82) is 0 Å². The number of rotatable bonds is 15. The SMILES string of the molecule is CC(C)[C@H](NC(=O)OC(C)(C)C)C(=O)N1C[C@H](OC(=O)OCC(C)(C)SS(C)(=O)=O)C[C@H]1C(=O)N[C@@H](CO[Si](C)(C)C(C)(C)C)c1ccc(-n2cncn2)cc1. The molecular formula is C37H60N6O10S2Si. The van der Waals surface area contributed by atoms with Crippen LogP contribution in [-0.2, 0) is 37.1 Å². The molecule has 2 heterocycles. The van der Waals surface area contributed by atoms with E-state index in [1.807, 2.05) is 24.3 Å². The topological polar surface area (TPSA) is 197 Å². The number of nitrogens with zero attached hydrogens (tertiary/aromatic N) is 4. The lowest BCUT2D eigenvalue weighted by Gasteiger charge is -2.37. The van der Waals surface area contributed by atoms with Gasteiger partial charge in [-0.25, -0.2) is 27.7 Å². The molecule has 19 heteroatoms. The second-order valence-electron chi connectivity index (χ2n) is 17.5. The first-order chi connectivity index (χ1) is 25.6. The fraction of sp³-hybridized carbons (Fsp3) is 0.676. The van der Waals surface area contributed by atoms with Crippen molar-refractivity contribution in [2.45, 2.75) is 128 Å². The van der Waals surface area contributed by atoms with Gasteiger partial charge in [0.1, 0.15) is 43.1 Å². The van der Waals surface area contributed by atoms with Crippen LogP contribution in [0, 0.1) is 5.92 Å². The molecule has 0 spiro atoms. The summed E-state index contributed by atoms with van der Waals surface area (Å²) >= 11 is 0. The first kappa shape index (κ1) is 46.7. The third kappa shape index (κ3) is 14.1. The van der Waals surface area contributed by atoms with Crippen LogP contribution in [0.4, 0.5) is 9.59 Å². The highest BCUT2D eigenvalue weighted by molar-refractivity contribution is 8.72. The van der Waals surface area contributed by atoms with Crippen molar-refractivity contribution in [3.63, 3.8) is 0 Å². The van der Waals surface area contributed by atoms with Gasteiger partial charge in [0.2, 0.25) is 11.8 Å². The molecule has 16 nitrogen and oxygen atoms in total. The molecule has 0 radical (unpaired) electrons. The minimum absolute atomic E-state index is 0.0769. The Labute approximate surface area is 336 Å². The Morgan fingerprint density at radius 2 is 1.62 bits per heavy atom. The molecule has 2 N–H and O–H groups in total. The number of benzene rings is 1. The van der Waals surface area contributed by atoms with Gasteiger partial charge >= 0.3 is 12.2 Å². The number of likely N-dealkylation sites (tertiary alicyclic amines) is 1. The van der Waals surface area contributed by atoms with Gasteiger partial charge in [-0.1, -0.05) is 46.8 Å². The zero-order valence-corrected chi connectivity index (χ0v) is 37.5. The average Bonchev–Trinajstić information content (AvgIpc) is 3.73. The Balaban J connectivity index is 1.94. The molecule has 1 aliphatic rings. The molecular weight excluding hydrogens is 781 g/mol. The number of ether oxygens (including phenoxy) is 3. The minimum atomic E-state index is -3.44. The first-order valence-electron chi connectivity index (χ1n) is 18.5. The molecule has 0 bridgehead atoms. The summed E-state index contributed by atoms with van der Waals surface area (Å²) in [5.41, 5.74) is 0.680. The van der Waals surface area contributed by atoms with Crippen LogP contribution in [0.15, 0.2) is 36.9 Å². The van der Waals surface area contributed by atoms with E-state index in [4.69, 9.17) is 18.6 Å². The van der Waals surface area contributed by atoms with E-state index in [1.165, 1.54) is 11.2 Å². The average molecular weight is 841 g/mol. The van der Waals surface area contributed by atoms with E-state index in [-0.39, 0.29) is 31.2 Å². The molecule has 56 heavy (non-hydrogen) atoms. The van der Waals surface area contributed by atoms with Gasteiger partial charge < -0.3 is 34.2 Å². The lowest BCUT2D eigenvalue weighted by Crippen LogP contribution is -2.56. The summed E-state index contributed by atoms with van der Waals surface area (Å²) in [5, 5.41) is 9.84. The van der Waals surface area contributed by atoms with Crippen LogP contribution >= 0.6 is 10.8 Å². The van der Waals surface area contributed by atoms with E-state index < -0.39 is 81.7 Å². The summed E-state index contributed by atoms with van der Waals surface area (Å²) in [6.07, 6.45) is 1.15. The summed E-state index contributed by atoms with van der Waals surface area (Å²) < 4.78 is 47.3. The number of hydrogen-bond donors (Lipinski definition) is 2. The third-order valence-corrected chi connectivity index (χ3v) is 17.0. The van der Waals surface area contributed by atoms with Crippen LogP contribution in [0.3, 0.4) is 0 Å². The summed E-state index contributed by atoms with van der Waals surface area (Å²) in [6, 6.07) is 4.58. The Kier molecular flexibility index (Phi) is 15.2. The molecule has 3 rings (SSSR count). The second-order valence-corrected chi connectivity index (χ2v) is 27.3. The van der Waals surface area contributed by atoms with E-state index in [0.717, 1.165) is 17.5 Å². The van der Waals surface area contributed by atoms with Crippen molar-refractivity contribution in [3.8, 4) is 5.69 Å². The van der Waals surface area contributed by atoms with Crippen LogP contribution < -0.4 is 10.6 Å². The molecule has 1 saturated heterocycles. The standard InChI is InChI=1S/C37H60N6O10S2Si/c1-24(2)30(41-33(46)53-35(3,4)5)32(45)42-19-27(52-34(47)50-21-37(9,10)54-55(11,48)49)18-29(42)31(44)40-28(20-51-56(12,13)36(6,7)8)25-14-16-26(17-15-25)43-23-38-22-39-43/h14-17,22-24,27-30H,18-21H2,1-13H3,(H,40,44)(H,41,46)/t27-,28+,29+,30+/m1/s1. The summed E-state index contributed by atoms with van der Waals surface area (Å²) in [4.78, 5) is 59.8. The van der Waals surface area contributed by atoms with E-state index in [2.05, 4.69) is 54.6 Å². The predicted octanol–water partition coefficient (Wildman–Crippen LogP) is 5.59. The molecule has 0 saturated carbocycles. The number of carbonyl (C=O) groups excluding carboxylic acids is 4. The molecule has 1 fully saturated rings. The van der Waals surface area contributed by atoms with E-state index >= 15 is 0 Å². The second kappa shape index (κ2) is 18.3. The maximum atomic E-state index is 14.4. The zero-order chi connectivity index (χ0) is 42.4. The van der Waals surface area contributed by atoms with E-state index in [0.29, 0.717) is 10.8 Å². The first-order valence-corrected chi connectivity index (χ1v) is 24.6. The molecule has 1 aromatic heterocycles. The molecule has 2 aromatic rings. The Morgan fingerprint density at radius 1 is 1.00 bits per heavy atom. The van der Waals surface area contributed by atoms with Crippen LogP contribution in [-0.4, -0.2) is 115 Å². The van der Waals surface area contributed by atoms with Crippen LogP contribution in [0.5, 0.6) is 0 Å². The van der Waals surface area contributed by atoms with Crippen LogP contribution in [0.1, 0.15) is 87.3 Å². The highest BCUT2D eigenvalue weighted by atomic mass is 33.1. The minimum Gasteiger partial charge on any atom is -0.444 e. The molecule has 3 amide bonds. The van der Waals surface area contributed by atoms with E-state index in [1.54, 1.807) is 59.5 Å². The van der Waals surface area contributed by atoms with Gasteiger partial charge in [0, 0.05) is 12.7 Å². The number of aromatic nitrogens is 3. The summed E-state index contributed by atoms with van der Waals surface area (Å²) in [5.74, 6) is -1.50. The largest absolute Gasteiger partial charge is 0.508 e. The molecule has 0 aliphatic carbocycles. The number of hydrogen-bond acceptors (Lipinski definition) is 13. The van der Waals surface area contributed by atoms with Gasteiger partial charge in [0.05, 0.1) is 29.6 Å². The molecule has 314 valence electrons. The number of amides is 3. The quantitative estimate of drug-likeness (QED) is 0.128. The maximum absolute atomic E-state index is 14.4. The van der Waals surface area contributed by atoms with Gasteiger partial charge in [-0.05, 0) is 87.2 Å². The van der Waals surface area contributed by atoms with Crippen molar-refractivity contribution >= 4 is 52.0 Å². The highest BCUT2D eigenvalue weighted by Crippen LogP contribution is 2.37.